The maximum absolute atomic E-state index is 12.0. The zero-order chi connectivity index (χ0) is 12.8. The molecule has 1 aliphatic heterocycles. The maximum atomic E-state index is 12.0. The molecule has 1 unspecified atom stereocenters. The molecule has 2 rings (SSSR count). The predicted octanol–water partition coefficient (Wildman–Crippen LogP) is 2.32. The van der Waals surface area contributed by atoms with Crippen LogP contribution < -0.4 is 0 Å². The van der Waals surface area contributed by atoms with Gasteiger partial charge >= 0.3 is 0 Å². The van der Waals surface area contributed by atoms with E-state index in [0.29, 0.717) is 0 Å². The number of hydrogen-bond acceptors (Lipinski definition) is 2. The van der Waals surface area contributed by atoms with Crippen molar-refractivity contribution in [1.29, 1.82) is 0 Å². The van der Waals surface area contributed by atoms with Gasteiger partial charge in [0.05, 0.1) is 11.0 Å². The number of rotatable bonds is 1. The van der Waals surface area contributed by atoms with Crippen LogP contribution in [0.5, 0.6) is 0 Å². The van der Waals surface area contributed by atoms with E-state index in [2.05, 4.69) is 0 Å². The van der Waals surface area contributed by atoms with Crippen LogP contribution in [0.2, 0.25) is 0 Å². The van der Waals surface area contributed by atoms with E-state index >= 15 is 0 Å². The summed E-state index contributed by atoms with van der Waals surface area (Å²) >= 11 is 0. The highest BCUT2D eigenvalue weighted by molar-refractivity contribution is 6.04. The highest BCUT2D eigenvalue weighted by Gasteiger charge is 2.65. The molecule has 3 heteroatoms. The minimum atomic E-state index is -0.544. The van der Waals surface area contributed by atoms with Crippen LogP contribution in [0.25, 0.3) is 0 Å². The first-order valence-corrected chi connectivity index (χ1v) is 5.74. The molecule has 1 aromatic carbocycles. The summed E-state index contributed by atoms with van der Waals surface area (Å²) in [5.74, 6) is -0.294. The summed E-state index contributed by atoms with van der Waals surface area (Å²) in [7, 11) is 0. The Morgan fingerprint density at radius 3 is 2.12 bits per heavy atom. The molecule has 1 aliphatic rings. The van der Waals surface area contributed by atoms with Gasteiger partial charge in [0.15, 0.2) is 0 Å². The Morgan fingerprint density at radius 1 is 1.12 bits per heavy atom. The normalized spacial score (nSPS) is 26.6. The molecule has 17 heavy (non-hydrogen) atoms. The number of β-lactam (4-membered cyclic amide) rings is 1. The number of likely N-dealkylation sites (tertiary alicyclic amines) is 1. The lowest BCUT2D eigenvalue weighted by atomic mass is 9.60. The highest BCUT2D eigenvalue weighted by atomic mass is 16.2. The molecule has 0 saturated carbocycles. The second kappa shape index (κ2) is 3.42. The molecule has 1 atom stereocenters. The first-order valence-electron chi connectivity index (χ1n) is 5.74. The van der Waals surface area contributed by atoms with Gasteiger partial charge in [-0.05, 0) is 26.3 Å². The van der Waals surface area contributed by atoms with Crippen molar-refractivity contribution in [2.75, 3.05) is 0 Å². The summed E-state index contributed by atoms with van der Waals surface area (Å²) in [6.07, 6.45) is 0. The van der Waals surface area contributed by atoms with Gasteiger partial charge in [0.2, 0.25) is 11.8 Å². The van der Waals surface area contributed by atoms with E-state index in [4.69, 9.17) is 0 Å². The second-order valence-corrected chi connectivity index (χ2v) is 5.22. The van der Waals surface area contributed by atoms with E-state index in [1.807, 2.05) is 51.1 Å². The molecule has 0 N–H and O–H groups in total. The standard InChI is InChI=1S/C14H17NO2/c1-10(16)15-12(17)13(2,3)14(15,4)11-8-6-5-7-9-11/h5-9H,1-4H3. The minimum Gasteiger partial charge on any atom is -0.275 e. The predicted molar refractivity (Wildman–Crippen MR) is 65.1 cm³/mol. The fraction of sp³-hybridized carbons (Fsp3) is 0.429. The van der Waals surface area contributed by atoms with Crippen LogP contribution in [0.1, 0.15) is 33.3 Å². The van der Waals surface area contributed by atoms with Crippen LogP contribution in [0, 0.1) is 5.41 Å². The average molecular weight is 231 g/mol. The van der Waals surface area contributed by atoms with E-state index in [1.54, 1.807) is 0 Å². The van der Waals surface area contributed by atoms with E-state index in [-0.39, 0.29) is 11.8 Å². The molecule has 1 fully saturated rings. The third-order valence-electron chi connectivity index (χ3n) is 4.05. The Balaban J connectivity index is 2.55. The quantitative estimate of drug-likeness (QED) is 0.695. The van der Waals surface area contributed by atoms with Crippen LogP contribution in [-0.2, 0) is 15.1 Å². The van der Waals surface area contributed by atoms with Gasteiger partial charge in [-0.3, -0.25) is 14.5 Å². The van der Waals surface area contributed by atoms with Gasteiger partial charge in [0.25, 0.3) is 0 Å². The Hall–Kier alpha value is -1.64. The number of benzene rings is 1. The number of carbonyl (C=O) groups excluding carboxylic acids is 2. The third kappa shape index (κ3) is 1.28. The van der Waals surface area contributed by atoms with Crippen molar-refractivity contribution >= 4 is 11.8 Å². The van der Waals surface area contributed by atoms with Gasteiger partial charge in [0, 0.05) is 6.92 Å². The molecule has 1 aromatic rings. The molecule has 0 spiro atoms. The van der Waals surface area contributed by atoms with Gasteiger partial charge in [0.1, 0.15) is 0 Å². The molecular weight excluding hydrogens is 214 g/mol. The fourth-order valence-corrected chi connectivity index (χ4v) is 2.63. The lowest BCUT2D eigenvalue weighted by Crippen LogP contribution is -2.73. The SMILES string of the molecule is CC(=O)N1C(=O)C(C)(C)C1(C)c1ccccc1. The number of nitrogens with zero attached hydrogens (tertiary/aromatic N) is 1. The van der Waals surface area contributed by atoms with Crippen molar-refractivity contribution in [3.63, 3.8) is 0 Å². The largest absolute Gasteiger partial charge is 0.275 e. The maximum Gasteiger partial charge on any atom is 0.238 e. The summed E-state index contributed by atoms with van der Waals surface area (Å²) in [5, 5.41) is 0. The third-order valence-corrected chi connectivity index (χ3v) is 4.05. The van der Waals surface area contributed by atoms with Crippen molar-refractivity contribution in [1.82, 2.24) is 4.90 Å². The van der Waals surface area contributed by atoms with E-state index in [1.165, 1.54) is 11.8 Å². The van der Waals surface area contributed by atoms with E-state index in [9.17, 15) is 9.59 Å². The lowest BCUT2D eigenvalue weighted by molar-refractivity contribution is -0.192. The average Bonchev–Trinajstić information content (AvgIpc) is 2.29. The second-order valence-electron chi connectivity index (χ2n) is 5.22. The molecule has 0 aliphatic carbocycles. The van der Waals surface area contributed by atoms with E-state index < -0.39 is 11.0 Å². The molecule has 0 aromatic heterocycles. The molecule has 1 saturated heterocycles. The summed E-state index contributed by atoms with van der Waals surface area (Å²) < 4.78 is 0. The zero-order valence-corrected chi connectivity index (χ0v) is 10.7. The van der Waals surface area contributed by atoms with Gasteiger partial charge in [-0.2, -0.15) is 0 Å². The van der Waals surface area contributed by atoms with Crippen molar-refractivity contribution < 1.29 is 9.59 Å². The summed E-state index contributed by atoms with van der Waals surface area (Å²) in [6.45, 7) is 7.17. The Labute approximate surface area is 101 Å². The summed E-state index contributed by atoms with van der Waals surface area (Å²) in [5.41, 5.74) is -0.0863. The smallest absolute Gasteiger partial charge is 0.238 e. The molecular formula is C14H17NO2. The van der Waals surface area contributed by atoms with Crippen molar-refractivity contribution in [3.8, 4) is 0 Å². The van der Waals surface area contributed by atoms with Crippen LogP contribution in [-0.4, -0.2) is 16.7 Å². The topological polar surface area (TPSA) is 37.4 Å². The van der Waals surface area contributed by atoms with Gasteiger partial charge < -0.3 is 0 Å². The van der Waals surface area contributed by atoms with Gasteiger partial charge in [-0.15, -0.1) is 0 Å². The molecule has 3 nitrogen and oxygen atoms in total. The number of amides is 2. The highest BCUT2D eigenvalue weighted by Crippen LogP contribution is 2.54. The Morgan fingerprint density at radius 2 is 1.65 bits per heavy atom. The van der Waals surface area contributed by atoms with E-state index in [0.717, 1.165) is 5.56 Å². The molecule has 0 bridgehead atoms. The van der Waals surface area contributed by atoms with Crippen LogP contribution in [0.3, 0.4) is 0 Å². The van der Waals surface area contributed by atoms with Crippen molar-refractivity contribution in [3.05, 3.63) is 35.9 Å². The first-order chi connectivity index (χ1) is 7.83. The lowest BCUT2D eigenvalue weighted by Gasteiger charge is -2.60. The summed E-state index contributed by atoms with van der Waals surface area (Å²) in [6, 6.07) is 9.71. The fourth-order valence-electron chi connectivity index (χ4n) is 2.63. The Kier molecular flexibility index (Phi) is 2.38. The van der Waals surface area contributed by atoms with Crippen molar-refractivity contribution in [2.24, 2.45) is 5.41 Å². The van der Waals surface area contributed by atoms with Crippen LogP contribution in [0.4, 0.5) is 0 Å². The van der Waals surface area contributed by atoms with Gasteiger partial charge in [-0.25, -0.2) is 0 Å². The number of imide groups is 1. The summed E-state index contributed by atoms with van der Waals surface area (Å²) in [4.78, 5) is 25.0. The monoisotopic (exact) mass is 231 g/mol. The Bertz CT molecular complexity index is 478. The molecule has 1 heterocycles. The molecule has 2 amide bonds. The zero-order valence-electron chi connectivity index (χ0n) is 10.7. The van der Waals surface area contributed by atoms with Crippen LogP contribution >= 0.6 is 0 Å². The molecule has 0 radical (unpaired) electrons. The minimum absolute atomic E-state index is 0.101. The number of hydrogen-bond donors (Lipinski definition) is 0. The first kappa shape index (κ1) is 11.8. The van der Waals surface area contributed by atoms with Crippen LogP contribution in [0.15, 0.2) is 30.3 Å². The number of carbonyl (C=O) groups is 2. The van der Waals surface area contributed by atoms with Crippen molar-refractivity contribution in [2.45, 2.75) is 33.2 Å². The van der Waals surface area contributed by atoms with Gasteiger partial charge in [-0.1, -0.05) is 30.3 Å². The molecule has 90 valence electrons.